The van der Waals surface area contributed by atoms with Crippen LogP contribution >= 0.6 is 0 Å². The summed E-state index contributed by atoms with van der Waals surface area (Å²) in [4.78, 5) is 2.02. The fourth-order valence-electron chi connectivity index (χ4n) is 2.08. The zero-order valence-corrected chi connectivity index (χ0v) is 11.8. The molecule has 0 aliphatic carbocycles. The van der Waals surface area contributed by atoms with Crippen LogP contribution in [0.25, 0.3) is 11.3 Å². The van der Waals surface area contributed by atoms with Crippen LogP contribution in [0.5, 0.6) is 5.75 Å². The minimum Gasteiger partial charge on any atom is -0.507 e. The molecule has 0 saturated carbocycles. The molecule has 2 rings (SSSR count). The Morgan fingerprint density at radius 2 is 2.00 bits per heavy atom. The minimum absolute atomic E-state index is 0.348. The second kappa shape index (κ2) is 4.93. The molecule has 0 unspecified atom stereocenters. The largest absolute Gasteiger partial charge is 0.507 e. The fourth-order valence-corrected chi connectivity index (χ4v) is 2.08. The van der Waals surface area contributed by atoms with Crippen molar-refractivity contribution in [1.29, 1.82) is 0 Å². The highest BCUT2D eigenvalue weighted by molar-refractivity contribution is 5.66. The minimum atomic E-state index is 0.348. The van der Waals surface area contributed by atoms with Crippen molar-refractivity contribution >= 4 is 5.82 Å². The molecule has 5 heteroatoms. The highest BCUT2D eigenvalue weighted by Gasteiger charge is 2.11. The maximum absolute atomic E-state index is 10.1. The average Bonchev–Trinajstić information content (AvgIpc) is 2.65. The van der Waals surface area contributed by atoms with Crippen LogP contribution in [-0.4, -0.2) is 33.9 Å². The Morgan fingerprint density at radius 1 is 1.32 bits per heavy atom. The van der Waals surface area contributed by atoms with Crippen LogP contribution in [0.1, 0.15) is 11.1 Å². The third-order valence-corrected chi connectivity index (χ3v) is 3.08. The van der Waals surface area contributed by atoms with Crippen molar-refractivity contribution in [3.05, 3.63) is 29.3 Å². The van der Waals surface area contributed by atoms with Gasteiger partial charge in [-0.25, -0.2) is 0 Å². The molecule has 102 valence electrons. The Hall–Kier alpha value is -2.01. The molecule has 0 radical (unpaired) electrons. The number of aryl methyl sites for hydroxylation is 2. The molecular weight excluding hydrogens is 240 g/mol. The molecule has 0 amide bonds. The van der Waals surface area contributed by atoms with Crippen molar-refractivity contribution in [3.8, 4) is 17.0 Å². The molecule has 1 aromatic carbocycles. The number of aromatic hydroxyl groups is 1. The van der Waals surface area contributed by atoms with E-state index in [0.717, 1.165) is 22.4 Å². The summed E-state index contributed by atoms with van der Waals surface area (Å²) >= 11 is 0. The second-order valence-electron chi connectivity index (χ2n) is 5.12. The molecule has 0 spiro atoms. The molecule has 0 saturated heterocycles. The summed E-state index contributed by atoms with van der Waals surface area (Å²) in [5.41, 5.74) is 9.34. The molecule has 3 N–H and O–H groups in total. The Bertz CT molecular complexity index is 582. The van der Waals surface area contributed by atoms with Crippen LogP contribution in [0.2, 0.25) is 0 Å². The van der Waals surface area contributed by atoms with Crippen molar-refractivity contribution in [2.24, 2.45) is 7.05 Å². The van der Waals surface area contributed by atoms with Crippen molar-refractivity contribution in [2.75, 3.05) is 19.8 Å². The smallest absolute Gasteiger partial charge is 0.123 e. The normalized spacial score (nSPS) is 11.2. The van der Waals surface area contributed by atoms with Crippen LogP contribution in [0.4, 0.5) is 5.82 Å². The summed E-state index contributed by atoms with van der Waals surface area (Å²) < 4.78 is 1.64. The van der Waals surface area contributed by atoms with E-state index in [2.05, 4.69) is 5.10 Å². The quantitative estimate of drug-likeness (QED) is 0.882. The first-order chi connectivity index (χ1) is 8.88. The van der Waals surface area contributed by atoms with Gasteiger partial charge in [-0.3, -0.25) is 4.68 Å². The summed E-state index contributed by atoms with van der Waals surface area (Å²) in [6, 6.07) is 5.73. The third kappa shape index (κ3) is 2.71. The second-order valence-corrected chi connectivity index (χ2v) is 5.12. The topological polar surface area (TPSA) is 67.3 Å². The van der Waals surface area contributed by atoms with Gasteiger partial charge in [0, 0.05) is 30.8 Å². The number of phenolic OH excluding ortho intramolecular Hbond substituents is 1. The van der Waals surface area contributed by atoms with E-state index in [9.17, 15) is 5.11 Å². The van der Waals surface area contributed by atoms with Crippen LogP contribution in [-0.2, 0) is 13.6 Å². The summed E-state index contributed by atoms with van der Waals surface area (Å²) in [5.74, 6) is 0.969. The summed E-state index contributed by atoms with van der Waals surface area (Å²) in [7, 11) is 5.76. The van der Waals surface area contributed by atoms with Gasteiger partial charge in [0.1, 0.15) is 11.6 Å². The van der Waals surface area contributed by atoms with Gasteiger partial charge >= 0.3 is 0 Å². The maximum Gasteiger partial charge on any atom is 0.123 e. The van der Waals surface area contributed by atoms with Gasteiger partial charge in [0.15, 0.2) is 0 Å². The predicted octanol–water partition coefficient (Wildman–Crippen LogP) is 1.74. The zero-order valence-electron chi connectivity index (χ0n) is 11.8. The van der Waals surface area contributed by atoms with Gasteiger partial charge in [-0.05, 0) is 38.7 Å². The molecule has 19 heavy (non-hydrogen) atoms. The van der Waals surface area contributed by atoms with E-state index in [1.807, 2.05) is 51.2 Å². The standard InChI is InChI=1S/C14H20N4O/c1-9-5-10(12-7-13(15)18(4)16-12)6-11(14(9)19)8-17(2)3/h5-7,19H,8,15H2,1-4H3. The summed E-state index contributed by atoms with van der Waals surface area (Å²) in [5, 5.41) is 14.5. The molecule has 5 nitrogen and oxygen atoms in total. The molecule has 1 aromatic heterocycles. The van der Waals surface area contributed by atoms with Gasteiger partial charge in [-0.1, -0.05) is 0 Å². The predicted molar refractivity (Wildman–Crippen MR) is 76.8 cm³/mol. The van der Waals surface area contributed by atoms with E-state index < -0.39 is 0 Å². The average molecular weight is 260 g/mol. The van der Waals surface area contributed by atoms with E-state index in [1.165, 1.54) is 0 Å². The number of anilines is 1. The van der Waals surface area contributed by atoms with Crippen LogP contribution in [0.15, 0.2) is 18.2 Å². The van der Waals surface area contributed by atoms with Crippen LogP contribution in [0.3, 0.4) is 0 Å². The lowest BCUT2D eigenvalue weighted by molar-refractivity contribution is 0.385. The van der Waals surface area contributed by atoms with Crippen molar-refractivity contribution in [2.45, 2.75) is 13.5 Å². The van der Waals surface area contributed by atoms with E-state index in [0.29, 0.717) is 18.1 Å². The number of benzene rings is 1. The number of phenols is 1. The Labute approximate surface area is 113 Å². The van der Waals surface area contributed by atoms with Crippen LogP contribution < -0.4 is 5.73 Å². The molecule has 0 atom stereocenters. The van der Waals surface area contributed by atoms with Crippen molar-refractivity contribution in [1.82, 2.24) is 14.7 Å². The number of rotatable bonds is 3. The van der Waals surface area contributed by atoms with Gasteiger partial charge in [-0.15, -0.1) is 0 Å². The van der Waals surface area contributed by atoms with Gasteiger partial charge < -0.3 is 15.7 Å². The molecule has 2 aromatic rings. The van der Waals surface area contributed by atoms with Gasteiger partial charge in [0.05, 0.1) is 5.69 Å². The van der Waals surface area contributed by atoms with E-state index in [4.69, 9.17) is 5.73 Å². The number of nitrogen functional groups attached to an aromatic ring is 1. The van der Waals surface area contributed by atoms with Crippen molar-refractivity contribution < 1.29 is 5.11 Å². The van der Waals surface area contributed by atoms with Crippen LogP contribution in [0, 0.1) is 6.92 Å². The first-order valence-electron chi connectivity index (χ1n) is 6.15. The Balaban J connectivity index is 2.49. The van der Waals surface area contributed by atoms with Gasteiger partial charge in [0.25, 0.3) is 0 Å². The molecule has 0 aliphatic rings. The van der Waals surface area contributed by atoms with Crippen molar-refractivity contribution in [3.63, 3.8) is 0 Å². The number of hydrogen-bond acceptors (Lipinski definition) is 4. The monoisotopic (exact) mass is 260 g/mol. The summed E-state index contributed by atoms with van der Waals surface area (Å²) in [6.07, 6.45) is 0. The van der Waals surface area contributed by atoms with E-state index in [1.54, 1.807) is 4.68 Å². The summed E-state index contributed by atoms with van der Waals surface area (Å²) in [6.45, 7) is 2.58. The first-order valence-corrected chi connectivity index (χ1v) is 6.15. The zero-order chi connectivity index (χ0) is 14.2. The SMILES string of the molecule is Cc1cc(-c2cc(N)n(C)n2)cc(CN(C)C)c1O. The number of hydrogen-bond donors (Lipinski definition) is 2. The van der Waals surface area contributed by atoms with E-state index >= 15 is 0 Å². The Morgan fingerprint density at radius 3 is 2.53 bits per heavy atom. The molecule has 1 heterocycles. The first kappa shape index (κ1) is 13.4. The highest BCUT2D eigenvalue weighted by Crippen LogP contribution is 2.30. The number of nitrogens with two attached hydrogens (primary N) is 1. The van der Waals surface area contributed by atoms with Gasteiger partial charge in [-0.2, -0.15) is 5.10 Å². The molecule has 0 bridgehead atoms. The number of aromatic nitrogens is 2. The lowest BCUT2D eigenvalue weighted by Gasteiger charge is -2.14. The molecule has 0 fully saturated rings. The lowest BCUT2D eigenvalue weighted by Crippen LogP contribution is -2.11. The number of nitrogens with zero attached hydrogens (tertiary/aromatic N) is 3. The van der Waals surface area contributed by atoms with Gasteiger partial charge in [0.2, 0.25) is 0 Å². The third-order valence-electron chi connectivity index (χ3n) is 3.08. The maximum atomic E-state index is 10.1. The lowest BCUT2D eigenvalue weighted by atomic mass is 10.0. The molecule has 0 aliphatic heterocycles. The highest BCUT2D eigenvalue weighted by atomic mass is 16.3. The van der Waals surface area contributed by atoms with E-state index in [-0.39, 0.29) is 0 Å². The molecular formula is C14H20N4O. The fraction of sp³-hybridized carbons (Fsp3) is 0.357. The Kier molecular flexibility index (Phi) is 3.48.